The number of amides is 1. The van der Waals surface area contributed by atoms with Crippen molar-refractivity contribution in [3.63, 3.8) is 0 Å². The molecule has 4 heterocycles. The van der Waals surface area contributed by atoms with E-state index >= 15 is 0 Å². The number of carbonyl (C=O) groups is 1. The Morgan fingerprint density at radius 3 is 2.58 bits per heavy atom. The molecule has 152 valence electrons. The number of hydrogen-bond acceptors (Lipinski definition) is 7. The van der Waals surface area contributed by atoms with E-state index in [0.29, 0.717) is 28.3 Å². The number of phenolic OH excluding ortho intramolecular Hbond substituents is 1. The number of phenols is 1. The molecular formula is C23H17N5O2S. The molecule has 0 bridgehead atoms. The van der Waals surface area contributed by atoms with Gasteiger partial charge in [0.25, 0.3) is 5.91 Å². The van der Waals surface area contributed by atoms with Crippen LogP contribution in [0.1, 0.15) is 33.4 Å². The van der Waals surface area contributed by atoms with Gasteiger partial charge in [-0.2, -0.15) is 5.10 Å². The zero-order chi connectivity index (χ0) is 21.2. The highest BCUT2D eigenvalue weighted by atomic mass is 32.1. The van der Waals surface area contributed by atoms with Gasteiger partial charge in [0.15, 0.2) is 0 Å². The number of carbonyl (C=O) groups excluding carboxylic acids is 1. The average Bonchev–Trinajstić information content (AvgIpc) is 3.48. The van der Waals surface area contributed by atoms with Gasteiger partial charge in [0.05, 0.1) is 33.4 Å². The van der Waals surface area contributed by atoms with E-state index in [9.17, 15) is 9.90 Å². The Morgan fingerprint density at radius 1 is 0.968 bits per heavy atom. The van der Waals surface area contributed by atoms with Gasteiger partial charge >= 0.3 is 0 Å². The zero-order valence-corrected chi connectivity index (χ0v) is 17.1. The molecule has 0 saturated heterocycles. The van der Waals surface area contributed by atoms with Crippen LogP contribution in [-0.4, -0.2) is 36.7 Å². The molecule has 5 rings (SSSR count). The molecule has 0 spiro atoms. The minimum atomic E-state index is -0.439. The Labute approximate surface area is 182 Å². The summed E-state index contributed by atoms with van der Waals surface area (Å²) in [7, 11) is 0. The number of pyridine rings is 1. The second-order valence-electron chi connectivity index (χ2n) is 6.94. The fourth-order valence-electron chi connectivity index (χ4n) is 3.52. The molecule has 3 aromatic heterocycles. The van der Waals surface area contributed by atoms with Crippen molar-refractivity contribution in [1.29, 1.82) is 0 Å². The Balaban J connectivity index is 1.52. The fourth-order valence-corrected chi connectivity index (χ4v) is 4.44. The third-order valence-electron chi connectivity index (χ3n) is 5.01. The number of thiophene rings is 1. The summed E-state index contributed by atoms with van der Waals surface area (Å²) in [6.45, 7) is 0. The van der Waals surface area contributed by atoms with Crippen molar-refractivity contribution in [3.8, 4) is 16.3 Å². The van der Waals surface area contributed by atoms with E-state index in [1.807, 2.05) is 36.4 Å². The molecule has 1 aliphatic rings. The van der Waals surface area contributed by atoms with E-state index in [1.165, 1.54) is 16.3 Å². The number of hydrogen-bond donors (Lipinski definition) is 1. The fraction of sp³-hybridized carbons (Fsp3) is 0.0870. The summed E-state index contributed by atoms with van der Waals surface area (Å²) < 4.78 is 0. The van der Waals surface area contributed by atoms with Crippen molar-refractivity contribution in [2.75, 3.05) is 0 Å². The molecule has 0 aliphatic carbocycles. The first-order valence-electron chi connectivity index (χ1n) is 9.67. The second-order valence-corrected chi connectivity index (χ2v) is 8.03. The van der Waals surface area contributed by atoms with Gasteiger partial charge in [-0.15, -0.1) is 11.3 Å². The lowest BCUT2D eigenvalue weighted by Crippen LogP contribution is -2.26. The van der Waals surface area contributed by atoms with E-state index in [0.717, 1.165) is 10.6 Å². The van der Waals surface area contributed by atoms with Gasteiger partial charge in [-0.3, -0.25) is 19.7 Å². The lowest BCUT2D eigenvalue weighted by molar-refractivity contribution is 0.0714. The Bertz CT molecular complexity index is 1260. The van der Waals surface area contributed by atoms with Crippen molar-refractivity contribution in [1.82, 2.24) is 20.0 Å². The van der Waals surface area contributed by atoms with Crippen molar-refractivity contribution < 1.29 is 9.90 Å². The minimum absolute atomic E-state index is 0.126. The van der Waals surface area contributed by atoms with Crippen molar-refractivity contribution in [2.45, 2.75) is 12.5 Å². The standard InChI is InChI=1S/C23H17N5O2S/c29-20-7-2-1-5-15(20)19-13-17(18-14-24-11-12-26-18)27-28(19)23(30)22-9-8-21(31-22)16-6-3-4-10-25-16/h1-12,14,19,29H,13H2. The molecule has 8 heteroatoms. The maximum Gasteiger partial charge on any atom is 0.284 e. The van der Waals surface area contributed by atoms with Crippen LogP contribution in [0.2, 0.25) is 0 Å². The molecule has 1 unspecified atom stereocenters. The van der Waals surface area contributed by atoms with Gasteiger partial charge in [-0.05, 0) is 30.3 Å². The van der Waals surface area contributed by atoms with Crippen LogP contribution in [0.3, 0.4) is 0 Å². The number of benzene rings is 1. The van der Waals surface area contributed by atoms with Gasteiger partial charge in [-0.1, -0.05) is 24.3 Å². The SMILES string of the molecule is O=C(c1ccc(-c2ccccn2)s1)N1N=C(c2cnccn2)CC1c1ccccc1O. The third-order valence-corrected chi connectivity index (χ3v) is 6.10. The maximum atomic E-state index is 13.5. The lowest BCUT2D eigenvalue weighted by atomic mass is 9.99. The summed E-state index contributed by atoms with van der Waals surface area (Å²) in [6.07, 6.45) is 6.96. The Hall–Kier alpha value is -3.91. The molecule has 1 aromatic carbocycles. The monoisotopic (exact) mass is 427 g/mol. The number of rotatable bonds is 4. The summed E-state index contributed by atoms with van der Waals surface area (Å²) in [4.78, 5) is 27.7. The number of aromatic hydroxyl groups is 1. The number of nitrogens with zero attached hydrogens (tertiary/aromatic N) is 5. The van der Waals surface area contributed by atoms with Gasteiger partial charge in [0.1, 0.15) is 11.4 Å². The molecule has 1 atom stereocenters. The average molecular weight is 427 g/mol. The van der Waals surface area contributed by atoms with E-state index in [1.54, 1.807) is 43.0 Å². The molecule has 31 heavy (non-hydrogen) atoms. The molecule has 0 fully saturated rings. The largest absolute Gasteiger partial charge is 0.508 e. The predicted octanol–water partition coefficient (Wildman–Crippen LogP) is 4.30. The maximum absolute atomic E-state index is 13.5. The molecule has 1 N–H and O–H groups in total. The van der Waals surface area contributed by atoms with Crippen molar-refractivity contribution in [3.05, 3.63) is 95.5 Å². The van der Waals surface area contributed by atoms with E-state index in [4.69, 9.17) is 0 Å². The van der Waals surface area contributed by atoms with E-state index in [2.05, 4.69) is 20.1 Å². The summed E-state index contributed by atoms with van der Waals surface area (Å²) in [5.74, 6) is -0.111. The van der Waals surface area contributed by atoms with Crippen LogP contribution in [0, 0.1) is 0 Å². The molecule has 1 amide bonds. The number of para-hydroxylation sites is 1. The summed E-state index contributed by atoms with van der Waals surface area (Å²) >= 11 is 1.37. The van der Waals surface area contributed by atoms with Gasteiger partial charge < -0.3 is 5.11 Å². The smallest absolute Gasteiger partial charge is 0.284 e. The first-order chi connectivity index (χ1) is 15.2. The summed E-state index contributed by atoms with van der Waals surface area (Å²) in [6, 6.07) is 15.9. The first kappa shape index (κ1) is 19.1. The Kier molecular flexibility index (Phi) is 4.97. The van der Waals surface area contributed by atoms with Gasteiger partial charge in [0.2, 0.25) is 0 Å². The first-order valence-corrected chi connectivity index (χ1v) is 10.5. The second kappa shape index (κ2) is 8.08. The minimum Gasteiger partial charge on any atom is -0.508 e. The highest BCUT2D eigenvalue weighted by Gasteiger charge is 2.36. The van der Waals surface area contributed by atoms with E-state index in [-0.39, 0.29) is 11.7 Å². The predicted molar refractivity (Wildman–Crippen MR) is 118 cm³/mol. The van der Waals surface area contributed by atoms with Crippen LogP contribution in [-0.2, 0) is 0 Å². The molecule has 1 aliphatic heterocycles. The molecule has 0 saturated carbocycles. The lowest BCUT2D eigenvalue weighted by Gasteiger charge is -2.22. The van der Waals surface area contributed by atoms with Crippen molar-refractivity contribution in [2.24, 2.45) is 5.10 Å². The number of hydrazone groups is 1. The van der Waals surface area contributed by atoms with Crippen LogP contribution in [0.4, 0.5) is 0 Å². The zero-order valence-electron chi connectivity index (χ0n) is 16.3. The normalized spacial score (nSPS) is 15.7. The summed E-state index contributed by atoms with van der Waals surface area (Å²) in [5.41, 5.74) is 2.71. The van der Waals surface area contributed by atoms with E-state index < -0.39 is 6.04 Å². The topological polar surface area (TPSA) is 91.6 Å². The number of aromatic nitrogens is 3. The van der Waals surface area contributed by atoms with Crippen LogP contribution in [0.15, 0.2) is 84.5 Å². The van der Waals surface area contributed by atoms with Crippen molar-refractivity contribution >= 4 is 23.0 Å². The quantitative estimate of drug-likeness (QED) is 0.524. The molecule has 7 nitrogen and oxygen atoms in total. The third kappa shape index (κ3) is 3.69. The molecule has 4 aromatic rings. The van der Waals surface area contributed by atoms with Crippen LogP contribution in [0.5, 0.6) is 5.75 Å². The van der Waals surface area contributed by atoms with Crippen LogP contribution in [0.25, 0.3) is 10.6 Å². The van der Waals surface area contributed by atoms with Crippen LogP contribution < -0.4 is 0 Å². The highest BCUT2D eigenvalue weighted by molar-refractivity contribution is 7.17. The van der Waals surface area contributed by atoms with Gasteiger partial charge in [-0.25, -0.2) is 5.01 Å². The summed E-state index contributed by atoms with van der Waals surface area (Å²) in [5, 5.41) is 16.5. The van der Waals surface area contributed by atoms with Crippen LogP contribution >= 0.6 is 11.3 Å². The highest BCUT2D eigenvalue weighted by Crippen LogP contribution is 2.38. The molecular weight excluding hydrogens is 410 g/mol. The molecule has 0 radical (unpaired) electrons. The Morgan fingerprint density at radius 2 is 1.81 bits per heavy atom. The van der Waals surface area contributed by atoms with Gasteiger partial charge in [0, 0.05) is 30.6 Å².